The number of barbiturate groups is 1. The van der Waals surface area contributed by atoms with Crippen LogP contribution in [0.4, 0.5) is 14.9 Å². The predicted molar refractivity (Wildman–Crippen MR) is 127 cm³/mol. The molecule has 0 saturated carbocycles. The van der Waals surface area contributed by atoms with Gasteiger partial charge in [-0.2, -0.15) is 0 Å². The van der Waals surface area contributed by atoms with Gasteiger partial charge in [0.05, 0.1) is 5.69 Å². The van der Waals surface area contributed by atoms with E-state index in [9.17, 15) is 18.8 Å². The third kappa shape index (κ3) is 4.70. The third-order valence-electron chi connectivity index (χ3n) is 5.47. The Morgan fingerprint density at radius 1 is 1.03 bits per heavy atom. The van der Waals surface area contributed by atoms with Crippen LogP contribution < -0.4 is 15.0 Å². The molecule has 6 nitrogen and oxygen atoms in total. The zero-order valence-electron chi connectivity index (χ0n) is 18.4. The summed E-state index contributed by atoms with van der Waals surface area (Å²) in [6.45, 7) is 3.71. The Labute approximate surface area is 200 Å². The maximum atomic E-state index is 13.5. The van der Waals surface area contributed by atoms with Gasteiger partial charge in [0.15, 0.2) is 0 Å². The number of hydrogen-bond donors (Lipinski definition) is 1. The second kappa shape index (κ2) is 9.49. The van der Waals surface area contributed by atoms with Crippen LogP contribution in [0.2, 0.25) is 5.02 Å². The maximum absolute atomic E-state index is 13.5. The van der Waals surface area contributed by atoms with Gasteiger partial charge in [-0.15, -0.1) is 0 Å². The van der Waals surface area contributed by atoms with Crippen molar-refractivity contribution in [2.45, 2.75) is 20.5 Å². The number of ether oxygens (including phenoxy) is 1. The molecule has 1 fully saturated rings. The van der Waals surface area contributed by atoms with Crippen molar-refractivity contribution in [2.75, 3.05) is 4.90 Å². The van der Waals surface area contributed by atoms with Crippen LogP contribution in [-0.2, 0) is 16.2 Å². The Balaban J connectivity index is 1.70. The van der Waals surface area contributed by atoms with Crippen molar-refractivity contribution in [3.8, 4) is 5.75 Å². The number of imide groups is 2. The first-order valence-corrected chi connectivity index (χ1v) is 10.8. The van der Waals surface area contributed by atoms with E-state index in [1.165, 1.54) is 24.3 Å². The number of nitrogens with one attached hydrogen (secondary N) is 1. The number of anilines is 1. The number of carbonyl (C=O) groups excluding carboxylic acids is 3. The highest BCUT2D eigenvalue weighted by Gasteiger charge is 2.37. The highest BCUT2D eigenvalue weighted by molar-refractivity contribution is 6.39. The lowest BCUT2D eigenvalue weighted by Crippen LogP contribution is -2.54. The number of amides is 4. The summed E-state index contributed by atoms with van der Waals surface area (Å²) in [5, 5.41) is 2.57. The van der Waals surface area contributed by atoms with Gasteiger partial charge < -0.3 is 4.74 Å². The molecule has 0 aromatic heterocycles. The van der Waals surface area contributed by atoms with Crippen molar-refractivity contribution in [3.63, 3.8) is 0 Å². The minimum absolute atomic E-state index is 0.0583. The van der Waals surface area contributed by atoms with Crippen molar-refractivity contribution in [3.05, 3.63) is 99.3 Å². The number of aryl methyl sites for hydroxylation is 1. The number of carbonyl (C=O) groups is 3. The van der Waals surface area contributed by atoms with E-state index in [0.29, 0.717) is 27.6 Å². The maximum Gasteiger partial charge on any atom is 0.335 e. The molecule has 0 spiro atoms. The van der Waals surface area contributed by atoms with E-state index in [0.717, 1.165) is 16.0 Å². The van der Waals surface area contributed by atoms with Crippen LogP contribution >= 0.6 is 11.6 Å². The molecule has 3 aromatic carbocycles. The Bertz CT molecular complexity index is 1350. The first kappa shape index (κ1) is 23.2. The summed E-state index contributed by atoms with van der Waals surface area (Å²) in [5.74, 6) is -1.65. The van der Waals surface area contributed by atoms with Crippen LogP contribution in [0.15, 0.2) is 66.2 Å². The Hall–Kier alpha value is -3.97. The normalized spacial score (nSPS) is 15.0. The molecule has 1 aliphatic rings. The first-order valence-electron chi connectivity index (χ1n) is 10.4. The lowest BCUT2D eigenvalue weighted by molar-refractivity contribution is -0.122. The molecule has 0 aliphatic carbocycles. The monoisotopic (exact) mass is 478 g/mol. The summed E-state index contributed by atoms with van der Waals surface area (Å²) in [5.41, 5.74) is 2.72. The topological polar surface area (TPSA) is 75.7 Å². The fraction of sp³-hybridized carbons (Fsp3) is 0.115. The van der Waals surface area contributed by atoms with Crippen LogP contribution in [0, 0.1) is 19.7 Å². The molecular weight excluding hydrogens is 459 g/mol. The number of nitrogens with zero attached hydrogens (tertiary/aromatic N) is 1. The zero-order valence-corrected chi connectivity index (χ0v) is 19.2. The molecule has 3 aromatic rings. The van der Waals surface area contributed by atoms with E-state index in [1.807, 2.05) is 13.0 Å². The van der Waals surface area contributed by atoms with Gasteiger partial charge in [-0.1, -0.05) is 35.9 Å². The predicted octanol–water partition coefficient (Wildman–Crippen LogP) is 5.34. The van der Waals surface area contributed by atoms with E-state index < -0.39 is 17.8 Å². The standard InChI is InChI=1S/C26H20ClFN2O4/c1-15-5-3-8-22(16(15)2)30-25(32)21(24(31)29-26(30)33)13-18-12-19(27)9-10-23(18)34-14-17-6-4-7-20(28)11-17/h3-13H,14H2,1-2H3,(H,29,31,33)/b21-13+. The van der Waals surface area contributed by atoms with Gasteiger partial charge in [-0.05, 0) is 73.0 Å². The quantitative estimate of drug-likeness (QED) is 0.396. The molecule has 1 aliphatic heterocycles. The molecule has 4 amide bonds. The molecule has 1 N–H and O–H groups in total. The third-order valence-corrected chi connectivity index (χ3v) is 5.71. The Kier molecular flexibility index (Phi) is 6.47. The largest absolute Gasteiger partial charge is 0.488 e. The average molecular weight is 479 g/mol. The summed E-state index contributed by atoms with van der Waals surface area (Å²) >= 11 is 6.15. The number of halogens is 2. The molecule has 4 rings (SSSR count). The van der Waals surface area contributed by atoms with Crippen molar-refractivity contribution < 1.29 is 23.5 Å². The minimum Gasteiger partial charge on any atom is -0.488 e. The number of benzene rings is 3. The van der Waals surface area contributed by atoms with Crippen LogP contribution in [0.25, 0.3) is 6.08 Å². The van der Waals surface area contributed by atoms with Gasteiger partial charge in [0.2, 0.25) is 0 Å². The molecule has 1 heterocycles. The van der Waals surface area contributed by atoms with Gasteiger partial charge in [0.25, 0.3) is 11.8 Å². The molecule has 8 heteroatoms. The van der Waals surface area contributed by atoms with Gasteiger partial charge in [-0.3, -0.25) is 14.9 Å². The highest BCUT2D eigenvalue weighted by Crippen LogP contribution is 2.30. The van der Waals surface area contributed by atoms with Crippen LogP contribution in [0.3, 0.4) is 0 Å². The average Bonchev–Trinajstić information content (AvgIpc) is 2.79. The summed E-state index contributed by atoms with van der Waals surface area (Å²) < 4.78 is 19.3. The van der Waals surface area contributed by atoms with E-state index in [4.69, 9.17) is 16.3 Å². The Morgan fingerprint density at radius 3 is 2.56 bits per heavy atom. The lowest BCUT2D eigenvalue weighted by Gasteiger charge is -2.28. The SMILES string of the molecule is Cc1cccc(N2C(=O)NC(=O)/C(=C\c3cc(Cl)ccc3OCc3cccc(F)c3)C2=O)c1C. The summed E-state index contributed by atoms with van der Waals surface area (Å²) in [6.07, 6.45) is 1.33. The van der Waals surface area contributed by atoms with Gasteiger partial charge in [0, 0.05) is 10.6 Å². The first-order chi connectivity index (χ1) is 16.2. The molecule has 0 radical (unpaired) electrons. The minimum atomic E-state index is -0.826. The molecule has 172 valence electrons. The van der Waals surface area contributed by atoms with E-state index >= 15 is 0 Å². The van der Waals surface area contributed by atoms with Gasteiger partial charge in [-0.25, -0.2) is 14.1 Å². The van der Waals surface area contributed by atoms with Crippen molar-refractivity contribution in [1.82, 2.24) is 5.32 Å². The fourth-order valence-electron chi connectivity index (χ4n) is 3.56. The van der Waals surface area contributed by atoms with Crippen LogP contribution in [-0.4, -0.2) is 17.8 Å². The lowest BCUT2D eigenvalue weighted by atomic mass is 10.0. The number of rotatable bonds is 5. The number of hydrogen-bond acceptors (Lipinski definition) is 4. The van der Waals surface area contributed by atoms with E-state index in [-0.39, 0.29) is 18.0 Å². The molecule has 1 saturated heterocycles. The Morgan fingerprint density at radius 2 is 1.79 bits per heavy atom. The van der Waals surface area contributed by atoms with Gasteiger partial charge in [0.1, 0.15) is 23.7 Å². The van der Waals surface area contributed by atoms with E-state index in [2.05, 4.69) is 5.32 Å². The van der Waals surface area contributed by atoms with Gasteiger partial charge >= 0.3 is 6.03 Å². The second-order valence-electron chi connectivity index (χ2n) is 7.78. The zero-order chi connectivity index (χ0) is 24.4. The van der Waals surface area contributed by atoms with E-state index in [1.54, 1.807) is 43.3 Å². The van der Waals surface area contributed by atoms with Crippen molar-refractivity contribution >= 4 is 41.2 Å². The van der Waals surface area contributed by atoms with Crippen LogP contribution in [0.1, 0.15) is 22.3 Å². The highest BCUT2D eigenvalue weighted by atomic mass is 35.5. The summed E-state index contributed by atoms with van der Waals surface area (Å²) in [4.78, 5) is 39.4. The van der Waals surface area contributed by atoms with Crippen molar-refractivity contribution in [1.29, 1.82) is 0 Å². The molecular formula is C26H20ClFN2O4. The van der Waals surface area contributed by atoms with Crippen molar-refractivity contribution in [2.24, 2.45) is 0 Å². The molecule has 0 bridgehead atoms. The van der Waals surface area contributed by atoms with Crippen LogP contribution in [0.5, 0.6) is 5.75 Å². The summed E-state index contributed by atoms with van der Waals surface area (Å²) in [7, 11) is 0. The molecule has 0 unspecified atom stereocenters. The fourth-order valence-corrected chi connectivity index (χ4v) is 3.74. The molecule has 34 heavy (non-hydrogen) atoms. The number of urea groups is 1. The molecule has 0 atom stereocenters. The summed E-state index contributed by atoms with van der Waals surface area (Å²) in [6, 6.07) is 15.1. The smallest absolute Gasteiger partial charge is 0.335 e. The second-order valence-corrected chi connectivity index (χ2v) is 8.21.